The summed E-state index contributed by atoms with van der Waals surface area (Å²) in [4.78, 5) is 13.9. The van der Waals surface area contributed by atoms with Gasteiger partial charge in [0.15, 0.2) is 0 Å². The molecule has 0 bridgehead atoms. The Labute approximate surface area is 234 Å². The summed E-state index contributed by atoms with van der Waals surface area (Å²) in [6.07, 6.45) is 0.524. The summed E-state index contributed by atoms with van der Waals surface area (Å²) in [6.45, 7) is 0.234. The van der Waals surface area contributed by atoms with Gasteiger partial charge in [0.2, 0.25) is 5.43 Å². The van der Waals surface area contributed by atoms with Gasteiger partial charge in [0, 0.05) is 41.3 Å². The molecule has 1 atom stereocenters. The van der Waals surface area contributed by atoms with E-state index in [4.69, 9.17) is 18.6 Å². The zero-order valence-electron chi connectivity index (χ0n) is 22.2. The number of phenolic OH excluding ortho intramolecular Hbond substituents is 4. The minimum absolute atomic E-state index is 0.0314. The molecular formula is C32H26O9. The van der Waals surface area contributed by atoms with Crippen LogP contribution in [0.25, 0.3) is 33.4 Å². The number of benzene rings is 4. The maximum atomic E-state index is 13.9. The lowest BCUT2D eigenvalue weighted by Crippen LogP contribution is -2.19. The number of rotatable bonds is 5. The molecule has 4 aromatic carbocycles. The topological polar surface area (TPSA) is 139 Å². The number of methoxy groups -OCH3 is 2. The SMILES string of the molecule is COc1ccc(-c2c(-c3cc(C4COc5cc(O)ccc5C4)c(O)cc3OC)oc3cc(O)ccc3c2=O)c(O)c1. The number of phenols is 4. The van der Waals surface area contributed by atoms with Crippen LogP contribution in [0.4, 0.5) is 0 Å². The molecule has 0 fully saturated rings. The first kappa shape index (κ1) is 25.9. The molecule has 0 saturated heterocycles. The molecule has 6 rings (SSSR count). The van der Waals surface area contributed by atoms with Crippen LogP contribution in [0, 0.1) is 0 Å². The van der Waals surface area contributed by atoms with E-state index in [9.17, 15) is 25.2 Å². The summed E-state index contributed by atoms with van der Waals surface area (Å²) in [6, 6.07) is 16.8. The van der Waals surface area contributed by atoms with E-state index in [1.54, 1.807) is 36.4 Å². The molecule has 208 valence electrons. The predicted octanol–water partition coefficient (Wildman–Crippen LogP) is 5.69. The van der Waals surface area contributed by atoms with Gasteiger partial charge < -0.3 is 39.1 Å². The lowest BCUT2D eigenvalue weighted by Gasteiger charge is -2.27. The van der Waals surface area contributed by atoms with Crippen LogP contribution in [0.5, 0.6) is 40.2 Å². The van der Waals surface area contributed by atoms with Crippen molar-refractivity contribution in [3.8, 4) is 62.7 Å². The van der Waals surface area contributed by atoms with Gasteiger partial charge in [0.05, 0.1) is 37.3 Å². The Hall–Kier alpha value is -5.31. The van der Waals surface area contributed by atoms with Crippen LogP contribution in [0.1, 0.15) is 17.0 Å². The maximum Gasteiger partial charge on any atom is 0.201 e. The van der Waals surface area contributed by atoms with E-state index in [1.165, 1.54) is 44.6 Å². The smallest absolute Gasteiger partial charge is 0.201 e. The monoisotopic (exact) mass is 554 g/mol. The molecule has 0 saturated carbocycles. The summed E-state index contributed by atoms with van der Waals surface area (Å²) < 4.78 is 23.0. The zero-order valence-corrected chi connectivity index (χ0v) is 22.2. The largest absolute Gasteiger partial charge is 0.508 e. The highest BCUT2D eigenvalue weighted by atomic mass is 16.5. The molecule has 9 nitrogen and oxygen atoms in total. The third-order valence-electron chi connectivity index (χ3n) is 7.34. The molecule has 0 aliphatic carbocycles. The first-order valence-electron chi connectivity index (χ1n) is 12.8. The molecule has 9 heteroatoms. The van der Waals surface area contributed by atoms with Gasteiger partial charge in [0.25, 0.3) is 0 Å². The Morgan fingerprint density at radius 3 is 2.34 bits per heavy atom. The average Bonchev–Trinajstić information content (AvgIpc) is 2.96. The molecule has 1 aliphatic rings. The Balaban J connectivity index is 1.59. The molecular weight excluding hydrogens is 528 g/mol. The second-order valence-electron chi connectivity index (χ2n) is 9.81. The minimum atomic E-state index is -0.437. The molecule has 0 amide bonds. The fourth-order valence-electron chi connectivity index (χ4n) is 5.29. The van der Waals surface area contributed by atoms with E-state index < -0.39 is 5.43 Å². The van der Waals surface area contributed by atoms with Gasteiger partial charge in [-0.3, -0.25) is 4.79 Å². The standard InChI is InChI=1S/C32H26O9/c1-38-20-6-8-21(25(35)12-20)30-31(37)22-7-5-19(34)11-29(22)41-32(30)24-13-23(26(36)14-28(24)39-2)17-9-16-3-4-18(33)10-27(16)40-15-17/h3-8,10-14,17,33-36H,9,15H2,1-2H3. The number of aromatic hydroxyl groups is 4. The number of fused-ring (bicyclic) bond motifs is 2. The van der Waals surface area contributed by atoms with Crippen molar-refractivity contribution in [1.29, 1.82) is 0 Å². The molecule has 1 aromatic heterocycles. The quantitative estimate of drug-likeness (QED) is 0.216. The Morgan fingerprint density at radius 1 is 0.805 bits per heavy atom. The van der Waals surface area contributed by atoms with Crippen LogP contribution >= 0.6 is 0 Å². The van der Waals surface area contributed by atoms with E-state index >= 15 is 0 Å². The van der Waals surface area contributed by atoms with Crippen LogP contribution in [-0.2, 0) is 6.42 Å². The third kappa shape index (κ3) is 4.51. The highest BCUT2D eigenvalue weighted by Crippen LogP contribution is 2.46. The summed E-state index contributed by atoms with van der Waals surface area (Å²) in [5.74, 6) is 0.790. The maximum absolute atomic E-state index is 13.9. The molecule has 41 heavy (non-hydrogen) atoms. The van der Waals surface area contributed by atoms with Crippen LogP contribution < -0.4 is 19.6 Å². The number of ether oxygens (including phenoxy) is 3. The van der Waals surface area contributed by atoms with Crippen molar-refractivity contribution in [2.24, 2.45) is 0 Å². The molecule has 4 N–H and O–H groups in total. The van der Waals surface area contributed by atoms with Gasteiger partial charge in [-0.15, -0.1) is 0 Å². The van der Waals surface area contributed by atoms with Gasteiger partial charge in [0.1, 0.15) is 51.6 Å². The Bertz CT molecular complexity index is 1870. The van der Waals surface area contributed by atoms with Gasteiger partial charge in [-0.2, -0.15) is 0 Å². The van der Waals surface area contributed by atoms with Crippen molar-refractivity contribution < 1.29 is 39.1 Å². The molecule has 1 aliphatic heterocycles. The fraction of sp³-hybridized carbons (Fsp3) is 0.156. The normalized spacial score (nSPS) is 14.3. The van der Waals surface area contributed by atoms with E-state index in [1.807, 2.05) is 0 Å². The van der Waals surface area contributed by atoms with Gasteiger partial charge >= 0.3 is 0 Å². The van der Waals surface area contributed by atoms with E-state index in [2.05, 4.69) is 0 Å². The molecule has 0 radical (unpaired) electrons. The zero-order chi connectivity index (χ0) is 28.8. The molecule has 2 heterocycles. The summed E-state index contributed by atoms with van der Waals surface area (Å²) in [5.41, 5.74) is 1.72. The molecule has 0 spiro atoms. The van der Waals surface area contributed by atoms with Crippen LogP contribution in [0.2, 0.25) is 0 Å². The Kier molecular flexibility index (Phi) is 6.34. The number of hydrogen-bond donors (Lipinski definition) is 4. The van der Waals surface area contributed by atoms with Crippen LogP contribution in [0.15, 0.2) is 75.9 Å². The highest BCUT2D eigenvalue weighted by molar-refractivity contribution is 5.92. The van der Waals surface area contributed by atoms with Crippen molar-refractivity contribution >= 4 is 11.0 Å². The van der Waals surface area contributed by atoms with Gasteiger partial charge in [-0.05, 0) is 48.4 Å². The van der Waals surface area contributed by atoms with Gasteiger partial charge in [-0.25, -0.2) is 0 Å². The fourth-order valence-corrected chi connectivity index (χ4v) is 5.29. The molecule has 1 unspecified atom stereocenters. The van der Waals surface area contributed by atoms with E-state index in [0.29, 0.717) is 29.0 Å². The van der Waals surface area contributed by atoms with Crippen molar-refractivity contribution in [2.75, 3.05) is 20.8 Å². The summed E-state index contributed by atoms with van der Waals surface area (Å²) in [7, 11) is 2.90. The lowest BCUT2D eigenvalue weighted by atomic mass is 9.87. The van der Waals surface area contributed by atoms with Crippen molar-refractivity contribution in [2.45, 2.75) is 12.3 Å². The van der Waals surface area contributed by atoms with Crippen LogP contribution in [-0.4, -0.2) is 41.3 Å². The van der Waals surface area contributed by atoms with E-state index in [0.717, 1.165) is 5.56 Å². The number of hydrogen-bond acceptors (Lipinski definition) is 9. The minimum Gasteiger partial charge on any atom is -0.508 e. The van der Waals surface area contributed by atoms with Gasteiger partial charge in [-0.1, -0.05) is 6.07 Å². The summed E-state index contributed by atoms with van der Waals surface area (Å²) >= 11 is 0. The van der Waals surface area contributed by atoms with E-state index in [-0.39, 0.29) is 69.1 Å². The lowest BCUT2D eigenvalue weighted by molar-refractivity contribution is 0.258. The average molecular weight is 555 g/mol. The van der Waals surface area contributed by atoms with Crippen molar-refractivity contribution in [3.63, 3.8) is 0 Å². The second kappa shape index (κ2) is 10.0. The second-order valence-corrected chi connectivity index (χ2v) is 9.81. The van der Waals surface area contributed by atoms with Crippen LogP contribution in [0.3, 0.4) is 0 Å². The highest BCUT2D eigenvalue weighted by Gasteiger charge is 2.29. The first-order chi connectivity index (χ1) is 19.8. The predicted molar refractivity (Wildman–Crippen MR) is 152 cm³/mol. The molecule has 5 aromatic rings. The third-order valence-corrected chi connectivity index (χ3v) is 7.34. The Morgan fingerprint density at radius 2 is 1.59 bits per heavy atom. The van der Waals surface area contributed by atoms with Crippen molar-refractivity contribution in [1.82, 2.24) is 0 Å². The van der Waals surface area contributed by atoms with Crippen molar-refractivity contribution in [3.05, 3.63) is 88.1 Å². The first-order valence-corrected chi connectivity index (χ1v) is 12.8. The summed E-state index contributed by atoms with van der Waals surface area (Å²) in [5, 5.41) is 42.1.